The summed E-state index contributed by atoms with van der Waals surface area (Å²) in [5.41, 5.74) is 0.706. The summed E-state index contributed by atoms with van der Waals surface area (Å²) in [7, 11) is 0. The maximum atomic E-state index is 12.9. The first-order valence-electron chi connectivity index (χ1n) is 6.72. The highest BCUT2D eigenvalue weighted by molar-refractivity contribution is 6.04. The topological polar surface area (TPSA) is 52.9 Å². The fraction of sp³-hybridized carbons (Fsp3) is 0.176. The molecule has 0 atom stereocenters. The fourth-order valence-electron chi connectivity index (χ4n) is 2.04. The predicted molar refractivity (Wildman–Crippen MR) is 80.0 cm³/mol. The number of amides is 1. The van der Waals surface area contributed by atoms with E-state index in [9.17, 15) is 18.0 Å². The van der Waals surface area contributed by atoms with Crippen LogP contribution in [0.2, 0.25) is 0 Å². The maximum Gasteiger partial charge on any atom is 0.417 e. The molecule has 0 heterocycles. The van der Waals surface area contributed by atoms with Gasteiger partial charge in [0, 0.05) is 11.3 Å². The number of hydrogen-bond donors (Lipinski definition) is 1. The highest BCUT2D eigenvalue weighted by Crippen LogP contribution is 2.33. The number of carbonyl (C=O) groups excluding carboxylic acids is 1. The van der Waals surface area contributed by atoms with Gasteiger partial charge >= 0.3 is 6.18 Å². The second kappa shape index (κ2) is 6.13. The van der Waals surface area contributed by atoms with Gasteiger partial charge in [-0.1, -0.05) is 6.07 Å². The van der Waals surface area contributed by atoms with Crippen LogP contribution in [-0.4, -0.2) is 5.91 Å². The molecule has 0 saturated carbocycles. The Morgan fingerprint density at radius 3 is 2.35 bits per heavy atom. The van der Waals surface area contributed by atoms with Gasteiger partial charge in [-0.15, -0.1) is 0 Å². The number of nitriles is 1. The molecule has 3 nitrogen and oxygen atoms in total. The quantitative estimate of drug-likeness (QED) is 0.889. The Bertz CT molecular complexity index is 804. The Morgan fingerprint density at radius 2 is 1.78 bits per heavy atom. The molecule has 0 aliphatic heterocycles. The zero-order chi connectivity index (χ0) is 17.2. The smallest absolute Gasteiger partial charge is 0.322 e. The van der Waals surface area contributed by atoms with Gasteiger partial charge < -0.3 is 5.32 Å². The second-order valence-corrected chi connectivity index (χ2v) is 5.12. The van der Waals surface area contributed by atoms with Crippen molar-refractivity contribution in [2.45, 2.75) is 20.0 Å². The molecule has 0 saturated heterocycles. The molecule has 2 rings (SSSR count). The number of aryl methyl sites for hydroxylation is 2. The van der Waals surface area contributed by atoms with Gasteiger partial charge in [-0.2, -0.15) is 18.4 Å². The molecule has 23 heavy (non-hydrogen) atoms. The van der Waals surface area contributed by atoms with Gasteiger partial charge in [-0.05, 0) is 55.3 Å². The van der Waals surface area contributed by atoms with Crippen LogP contribution in [0.1, 0.15) is 32.6 Å². The zero-order valence-electron chi connectivity index (χ0n) is 12.5. The van der Waals surface area contributed by atoms with Crippen molar-refractivity contribution >= 4 is 11.6 Å². The average molecular weight is 318 g/mol. The SMILES string of the molecule is Cc1ccc(C(=O)Nc2ccc(C#N)c(C(F)(F)F)c2)cc1C. The Kier molecular flexibility index (Phi) is 4.41. The van der Waals surface area contributed by atoms with Crippen molar-refractivity contribution < 1.29 is 18.0 Å². The number of nitrogens with one attached hydrogen (secondary N) is 1. The van der Waals surface area contributed by atoms with E-state index in [0.717, 1.165) is 23.3 Å². The van der Waals surface area contributed by atoms with Crippen LogP contribution in [-0.2, 0) is 6.18 Å². The van der Waals surface area contributed by atoms with Crippen LogP contribution in [0.3, 0.4) is 0 Å². The number of nitrogens with zero attached hydrogens (tertiary/aromatic N) is 1. The maximum absolute atomic E-state index is 12.9. The minimum absolute atomic E-state index is 0.0143. The fourth-order valence-corrected chi connectivity index (χ4v) is 2.04. The molecule has 1 N–H and O–H groups in total. The Hall–Kier alpha value is -2.81. The number of carbonyl (C=O) groups is 1. The van der Waals surface area contributed by atoms with E-state index in [1.807, 2.05) is 13.8 Å². The molecule has 0 aromatic heterocycles. The third-order valence-electron chi connectivity index (χ3n) is 3.47. The van der Waals surface area contributed by atoms with Crippen LogP contribution in [0.4, 0.5) is 18.9 Å². The van der Waals surface area contributed by atoms with E-state index in [-0.39, 0.29) is 5.69 Å². The summed E-state index contributed by atoms with van der Waals surface area (Å²) in [4.78, 5) is 12.1. The van der Waals surface area contributed by atoms with Crippen LogP contribution >= 0.6 is 0 Å². The number of rotatable bonds is 2. The summed E-state index contributed by atoms with van der Waals surface area (Å²) in [6, 6.07) is 9.60. The average Bonchev–Trinajstić information content (AvgIpc) is 2.49. The number of halogens is 3. The largest absolute Gasteiger partial charge is 0.417 e. The van der Waals surface area contributed by atoms with E-state index >= 15 is 0 Å². The predicted octanol–water partition coefficient (Wildman–Crippen LogP) is 4.45. The van der Waals surface area contributed by atoms with Crippen molar-refractivity contribution in [2.75, 3.05) is 5.32 Å². The Labute approximate surface area is 131 Å². The van der Waals surface area contributed by atoms with Crippen LogP contribution in [0, 0.1) is 25.2 Å². The highest BCUT2D eigenvalue weighted by Gasteiger charge is 2.34. The summed E-state index contributed by atoms with van der Waals surface area (Å²) >= 11 is 0. The van der Waals surface area contributed by atoms with Gasteiger partial charge in [-0.25, -0.2) is 0 Å². The molecular formula is C17H13F3N2O. The number of benzene rings is 2. The van der Waals surface area contributed by atoms with Gasteiger partial charge in [0.05, 0.1) is 17.2 Å². The first-order valence-corrected chi connectivity index (χ1v) is 6.72. The molecule has 0 aliphatic rings. The summed E-state index contributed by atoms with van der Waals surface area (Å²) in [6.07, 6.45) is -4.66. The van der Waals surface area contributed by atoms with Crippen molar-refractivity contribution in [1.29, 1.82) is 5.26 Å². The molecule has 1 amide bonds. The van der Waals surface area contributed by atoms with Gasteiger partial charge in [0.15, 0.2) is 0 Å². The lowest BCUT2D eigenvalue weighted by molar-refractivity contribution is -0.137. The van der Waals surface area contributed by atoms with Crippen molar-refractivity contribution in [2.24, 2.45) is 0 Å². The molecule has 0 bridgehead atoms. The first kappa shape index (κ1) is 16.6. The molecule has 0 unspecified atom stereocenters. The third kappa shape index (κ3) is 3.69. The standard InChI is InChI=1S/C17H13F3N2O/c1-10-3-4-12(7-11(10)2)16(23)22-14-6-5-13(9-21)15(8-14)17(18,19)20/h3-8H,1-2H3,(H,22,23). The minimum Gasteiger partial charge on any atom is -0.322 e. The first-order chi connectivity index (χ1) is 10.7. The normalized spacial score (nSPS) is 11.0. The van der Waals surface area contributed by atoms with E-state index in [1.54, 1.807) is 18.2 Å². The Morgan fingerprint density at radius 1 is 1.09 bits per heavy atom. The molecule has 2 aromatic carbocycles. The van der Waals surface area contributed by atoms with Crippen molar-refractivity contribution in [3.8, 4) is 6.07 Å². The van der Waals surface area contributed by atoms with Crippen LogP contribution in [0.15, 0.2) is 36.4 Å². The van der Waals surface area contributed by atoms with Crippen molar-refractivity contribution in [1.82, 2.24) is 0 Å². The molecule has 2 aromatic rings. The molecule has 0 radical (unpaired) electrons. The lowest BCUT2D eigenvalue weighted by atomic mass is 10.0. The molecule has 118 valence electrons. The zero-order valence-corrected chi connectivity index (χ0v) is 12.5. The lowest BCUT2D eigenvalue weighted by Crippen LogP contribution is -2.14. The number of alkyl halides is 3. The van der Waals surface area contributed by atoms with Crippen LogP contribution in [0.5, 0.6) is 0 Å². The van der Waals surface area contributed by atoms with Crippen LogP contribution < -0.4 is 5.32 Å². The van der Waals surface area contributed by atoms with Crippen molar-refractivity contribution in [3.05, 3.63) is 64.2 Å². The van der Waals surface area contributed by atoms with E-state index in [0.29, 0.717) is 5.56 Å². The highest BCUT2D eigenvalue weighted by atomic mass is 19.4. The van der Waals surface area contributed by atoms with E-state index in [1.165, 1.54) is 12.1 Å². The summed E-state index contributed by atoms with van der Waals surface area (Å²) < 4.78 is 38.7. The lowest BCUT2D eigenvalue weighted by Gasteiger charge is -2.12. The van der Waals surface area contributed by atoms with Crippen LogP contribution in [0.25, 0.3) is 0 Å². The van der Waals surface area contributed by atoms with Gasteiger partial charge in [-0.3, -0.25) is 4.79 Å². The van der Waals surface area contributed by atoms with Crippen molar-refractivity contribution in [3.63, 3.8) is 0 Å². The third-order valence-corrected chi connectivity index (χ3v) is 3.47. The molecular weight excluding hydrogens is 305 g/mol. The molecule has 0 fully saturated rings. The van der Waals surface area contributed by atoms with E-state index in [2.05, 4.69) is 5.32 Å². The summed E-state index contributed by atoms with van der Waals surface area (Å²) in [5, 5.41) is 11.2. The summed E-state index contributed by atoms with van der Waals surface area (Å²) in [5.74, 6) is -0.508. The van der Waals surface area contributed by atoms with E-state index < -0.39 is 23.2 Å². The number of hydrogen-bond acceptors (Lipinski definition) is 2. The van der Waals surface area contributed by atoms with E-state index in [4.69, 9.17) is 5.26 Å². The molecule has 0 aliphatic carbocycles. The van der Waals surface area contributed by atoms with Gasteiger partial charge in [0.25, 0.3) is 5.91 Å². The second-order valence-electron chi connectivity index (χ2n) is 5.12. The molecule has 6 heteroatoms. The summed E-state index contributed by atoms with van der Waals surface area (Å²) in [6.45, 7) is 3.74. The van der Waals surface area contributed by atoms with Gasteiger partial charge in [0.1, 0.15) is 0 Å². The Balaban J connectivity index is 2.31. The molecule has 0 spiro atoms. The van der Waals surface area contributed by atoms with Gasteiger partial charge in [0.2, 0.25) is 0 Å². The monoisotopic (exact) mass is 318 g/mol. The number of anilines is 1. The minimum atomic E-state index is -4.66.